The number of aliphatic hydroxyl groups is 2. The zero-order valence-corrected chi connectivity index (χ0v) is 76.7. The number of benzene rings is 5. The Morgan fingerprint density at radius 1 is 0.454 bits per heavy atom. The molecule has 15 rings (SSSR count). The Morgan fingerprint density at radius 2 is 0.762 bits per heavy atom. The van der Waals surface area contributed by atoms with E-state index in [-0.39, 0.29) is 87.9 Å². The van der Waals surface area contributed by atoms with E-state index in [4.69, 9.17) is 106 Å². The van der Waals surface area contributed by atoms with Crippen LogP contribution < -0.4 is 77.6 Å². The van der Waals surface area contributed by atoms with E-state index in [2.05, 4.69) is 59.7 Å². The summed E-state index contributed by atoms with van der Waals surface area (Å²) in [6.45, 7) is 5.92. The summed E-state index contributed by atoms with van der Waals surface area (Å²) < 4.78 is 101. The van der Waals surface area contributed by atoms with Crippen LogP contribution in [0.1, 0.15) is 60.0 Å². The molecule has 10 aromatic heterocycles. The quantitative estimate of drug-likeness (QED) is 0.00389. The van der Waals surface area contributed by atoms with Gasteiger partial charge in [0.1, 0.15) is 118 Å². The normalized spacial score (nSPS) is 10.5. The fourth-order valence-electron chi connectivity index (χ4n) is 12.6. The van der Waals surface area contributed by atoms with Crippen molar-refractivity contribution in [3.05, 3.63) is 191 Å². The van der Waals surface area contributed by atoms with Crippen molar-refractivity contribution in [3.8, 4) is 51.7 Å². The number of oxime groups is 1. The number of nitrogens with zero attached hydrogens (tertiary/aromatic N) is 10. The van der Waals surface area contributed by atoms with E-state index < -0.39 is 19.1 Å². The van der Waals surface area contributed by atoms with Crippen molar-refractivity contribution in [3.63, 3.8) is 0 Å². The summed E-state index contributed by atoms with van der Waals surface area (Å²) >= 11 is 9.53. The molecule has 0 saturated carbocycles. The molecule has 3 radical (unpaired) electrons. The van der Waals surface area contributed by atoms with Gasteiger partial charge in [-0.2, -0.15) is 0 Å². The molecular formula is C91H101BCl2FN11NaO23. The average Bonchev–Trinajstić information content (AvgIpc) is 0.776. The summed E-state index contributed by atoms with van der Waals surface area (Å²) in [5, 5.41) is 36.5. The monoisotopic (exact) mass is 1840 g/mol. The maximum absolute atomic E-state index is 12.6. The summed E-state index contributed by atoms with van der Waals surface area (Å²) in [6, 6.07) is 35.8. The molecule has 683 valence electrons. The van der Waals surface area contributed by atoms with Crippen molar-refractivity contribution in [2.24, 2.45) is 5.16 Å². The molecule has 0 aliphatic rings. The van der Waals surface area contributed by atoms with Gasteiger partial charge in [0.25, 0.3) is 0 Å². The SMILES string of the molecule is C.CCO.COCCOc1cc2cccnc2c2[nH]c(C(=O)OC)cc(=O)c12.COCCOc1cc2cccnc2c2nc(/C=N/O)cc(OC)c12.COCCOc1cc2cccnc2c2nc(C(=O)OC)cc(OC)c12.COCCOc1cc2cccnc2c2nc(C=O)cc(OC)c12.COCCOc1cc2cccnc2c2nc(CO)cc(OC)c12.ClCCl.[2H]CF.[B].[H-].[Na+]. The third kappa shape index (κ3) is 27.6. The van der Waals surface area contributed by atoms with E-state index >= 15 is 0 Å². The number of hydrogen-bond acceptors (Lipinski definition) is 33. The molecule has 0 atom stereocenters. The zero-order chi connectivity index (χ0) is 92.4. The first-order valence-electron chi connectivity index (χ1n) is 39.2. The topological polar surface area (TPSA) is 421 Å². The van der Waals surface area contributed by atoms with Crippen LogP contribution in [0.25, 0.3) is 109 Å². The van der Waals surface area contributed by atoms with Gasteiger partial charge in [0.2, 0.25) is 0 Å². The molecule has 0 fully saturated rings. The van der Waals surface area contributed by atoms with Gasteiger partial charge in [-0.15, -0.1) is 23.2 Å². The number of hydrogen-bond donors (Lipinski definition) is 4. The standard InChI is InChI=1S/C18H18N2O5.C17H17N3O4.C17H16N2O5.C17H18N2O4.C17H16N2O4.C2H6O.CH2Cl2.CH3F.CH4.B.Na.H/c1-22-7-8-25-14-9-11-5-4-6-19-16(11)17-15(14)13(23-2)10-12(20-17)18(21)24-3;1-22-6-7-24-14-8-11-4-3-5-18-16(11)17-15(14)13(23-2)9-12(20-17)10-19-21;1-22-6-7-24-13-8-10-4-3-5-18-15(10)16-14(13)12(20)9-11(19-16)17(21)23-2;2*1-21-6-7-23-14-8-11-4-3-5-18-16(11)17-15(14)13(22-2)9-12(10-20)19-17;1-2-3;2-1-3;1-2;;;;/h4-6,9-10H,7-8H2,1-3H3;3-5,8-10,21H,6-7H2,1-2H3;3-5,8-9H,6-7H2,1-2H3,(H,19,20);3-5,8-9,20H,6-7,10H2,1-2H3;3-5,8-10H,6-7H2,1-2H3;3H,2H2,1H3;1H2;1H3;1H4;;;/q;;;;;;;;;;+1;-1/b;19-10+;;;;;;;;;;/i;;;;;;;1D;;;;. The number of ether oxygens (including phenoxy) is 16. The number of carbonyl (C=O) groups excluding carboxylic acids is 3. The minimum absolute atomic E-state index is 0. The van der Waals surface area contributed by atoms with Crippen LogP contribution in [0.4, 0.5) is 4.39 Å². The second-order valence-corrected chi connectivity index (χ2v) is 26.4. The second kappa shape index (κ2) is 56.8. The number of nitrogens with one attached hydrogen (secondary N) is 1. The first-order valence-corrected chi connectivity index (χ1v) is 39.6. The number of aromatic amines is 1. The van der Waals surface area contributed by atoms with Crippen molar-refractivity contribution in [1.29, 1.82) is 0 Å². The molecule has 0 bridgehead atoms. The molecular weight excluding hydrogens is 1740 g/mol. The molecule has 5 aromatic carbocycles. The van der Waals surface area contributed by atoms with Gasteiger partial charge in [-0.05, 0) is 67.6 Å². The maximum Gasteiger partial charge on any atom is 1.00 e. The van der Waals surface area contributed by atoms with Crippen molar-refractivity contribution >= 4 is 165 Å². The molecule has 15 aromatic rings. The number of pyridine rings is 10. The van der Waals surface area contributed by atoms with Crippen LogP contribution in [0, 0.1) is 0 Å². The molecule has 130 heavy (non-hydrogen) atoms. The third-order valence-electron chi connectivity index (χ3n) is 17.9. The van der Waals surface area contributed by atoms with E-state index in [1.807, 2.05) is 78.9 Å². The molecule has 34 nitrogen and oxygen atoms in total. The molecule has 0 aliphatic carbocycles. The Hall–Kier alpha value is -12.4. The van der Waals surface area contributed by atoms with Crippen LogP contribution in [0.5, 0.6) is 51.7 Å². The van der Waals surface area contributed by atoms with Crippen LogP contribution >= 0.6 is 23.2 Å². The van der Waals surface area contributed by atoms with Gasteiger partial charge in [-0.1, -0.05) is 42.9 Å². The van der Waals surface area contributed by atoms with E-state index in [9.17, 15) is 28.7 Å². The molecule has 0 aliphatic heterocycles. The number of alkyl halides is 3. The van der Waals surface area contributed by atoms with E-state index in [0.717, 1.165) is 48.7 Å². The molecule has 0 unspecified atom stereocenters. The summed E-state index contributed by atoms with van der Waals surface area (Å²) in [5.74, 6) is 3.91. The fraction of sp³-hybridized carbons (Fsp3) is 0.297. The molecule has 0 saturated heterocycles. The van der Waals surface area contributed by atoms with E-state index in [1.165, 1.54) is 39.7 Å². The number of H-pyrrole nitrogens is 1. The average molecular weight is 1840 g/mol. The van der Waals surface area contributed by atoms with Gasteiger partial charge < -0.3 is 97.6 Å². The van der Waals surface area contributed by atoms with E-state index in [0.29, 0.717) is 196 Å². The van der Waals surface area contributed by atoms with Gasteiger partial charge >= 0.3 is 41.5 Å². The first kappa shape index (κ1) is 106. The minimum atomic E-state index is -1.00. The zero-order valence-electron chi connectivity index (χ0n) is 75.2. The molecule has 39 heteroatoms. The Balaban J connectivity index is 0.000000335. The number of aldehydes is 1. The maximum atomic E-state index is 12.6. The Labute approximate surface area is 784 Å². The van der Waals surface area contributed by atoms with Crippen molar-refractivity contribution in [2.45, 2.75) is 21.0 Å². The van der Waals surface area contributed by atoms with Crippen LogP contribution in [-0.4, -0.2) is 261 Å². The molecule has 0 spiro atoms. The van der Waals surface area contributed by atoms with Crippen LogP contribution in [0.15, 0.2) is 162 Å². The van der Waals surface area contributed by atoms with Crippen LogP contribution in [0.2, 0.25) is 0 Å². The number of carbonyl (C=O) groups is 3. The predicted molar refractivity (Wildman–Crippen MR) is 494 cm³/mol. The van der Waals surface area contributed by atoms with Gasteiger partial charge in [-0.3, -0.25) is 38.9 Å². The van der Waals surface area contributed by atoms with Crippen molar-refractivity contribution in [1.82, 2.24) is 49.8 Å². The molecule has 0 amide bonds. The number of fused-ring (bicyclic) bond motifs is 15. The minimum Gasteiger partial charge on any atom is -1.00 e. The summed E-state index contributed by atoms with van der Waals surface area (Å²) in [7, 11) is 15.8. The third-order valence-corrected chi connectivity index (χ3v) is 17.9. The number of rotatable bonds is 29. The number of methoxy groups -OCH3 is 11. The number of halogens is 3. The largest absolute Gasteiger partial charge is 1.00 e. The van der Waals surface area contributed by atoms with Gasteiger partial charge in [0, 0.05) is 139 Å². The van der Waals surface area contributed by atoms with Gasteiger partial charge in [0.15, 0.2) is 17.4 Å². The predicted octanol–water partition coefficient (Wildman–Crippen LogP) is 11.4. The van der Waals surface area contributed by atoms with Crippen molar-refractivity contribution < 1.29 is 142 Å². The van der Waals surface area contributed by atoms with Crippen LogP contribution in [-0.2, 0) is 39.8 Å². The van der Waals surface area contributed by atoms with Gasteiger partial charge in [-0.25, -0.2) is 29.5 Å². The fourth-order valence-corrected chi connectivity index (χ4v) is 12.6. The Morgan fingerprint density at radius 3 is 1.09 bits per heavy atom. The Bertz CT molecular complexity index is 6330. The molecule has 4 N–H and O–H groups in total. The summed E-state index contributed by atoms with van der Waals surface area (Å²) in [4.78, 5) is 90.2. The first-order chi connectivity index (χ1) is 62.4. The van der Waals surface area contributed by atoms with Gasteiger partial charge in [0.05, 0.1) is 174 Å². The number of aliphatic hydroxyl groups excluding tert-OH is 2. The summed E-state index contributed by atoms with van der Waals surface area (Å²) in [5.41, 5.74) is 7.35. The van der Waals surface area contributed by atoms with E-state index in [1.54, 1.807) is 125 Å². The smallest absolute Gasteiger partial charge is 1.00 e. The second-order valence-electron chi connectivity index (χ2n) is 25.6. The molecule has 10 heterocycles. The Kier molecular flexibility index (Phi) is 46.5. The summed E-state index contributed by atoms with van der Waals surface area (Å²) in [6.07, 6.45) is 10.3. The van der Waals surface area contributed by atoms with Crippen molar-refractivity contribution in [2.75, 3.05) is 163 Å². The number of esters is 2. The number of aromatic nitrogens is 10. The van der Waals surface area contributed by atoms with Crippen LogP contribution in [0.3, 0.4) is 0 Å².